The Morgan fingerprint density at radius 2 is 0.906 bits per heavy atom. The number of hydrogen-bond donors (Lipinski definition) is 7. The highest BCUT2D eigenvalue weighted by atomic mass is 16.3. The van der Waals surface area contributed by atoms with Crippen molar-refractivity contribution in [2.24, 2.45) is 0 Å². The summed E-state index contributed by atoms with van der Waals surface area (Å²) in [6, 6.07) is -1.68. The zero-order valence-electron chi connectivity index (χ0n) is 21.2. The summed E-state index contributed by atoms with van der Waals surface area (Å²) in [4.78, 5) is 25.2. The molecule has 9 nitrogen and oxygen atoms in total. The van der Waals surface area contributed by atoms with Crippen LogP contribution in [0.4, 0.5) is 5.69 Å². The lowest BCUT2D eigenvalue weighted by molar-refractivity contribution is 0.0875. The summed E-state index contributed by atoms with van der Waals surface area (Å²) in [6.07, 6.45) is 0. The average molecular weight is 460 g/mol. The molecular formula is C23H45N3O6. The largest absolute Gasteiger partial charge is 0.398 e. The maximum absolute atomic E-state index is 12.6. The Morgan fingerprint density at radius 1 is 0.656 bits per heavy atom. The third kappa shape index (κ3) is 9.52. The molecular weight excluding hydrogens is 414 g/mol. The third-order valence-corrected chi connectivity index (χ3v) is 4.31. The molecule has 32 heavy (non-hydrogen) atoms. The first-order valence-electron chi connectivity index (χ1n) is 11.2. The molecule has 0 aliphatic heterocycles. The van der Waals surface area contributed by atoms with Gasteiger partial charge in [0.05, 0.1) is 38.5 Å². The maximum Gasteiger partial charge on any atom is 0.252 e. The summed E-state index contributed by atoms with van der Waals surface area (Å²) in [5, 5.41) is 41.5. The van der Waals surface area contributed by atoms with E-state index in [0.29, 0.717) is 16.7 Å². The van der Waals surface area contributed by atoms with Gasteiger partial charge in [-0.1, -0.05) is 41.5 Å². The van der Waals surface area contributed by atoms with Gasteiger partial charge in [0.25, 0.3) is 11.8 Å². The predicted molar refractivity (Wildman–Crippen MR) is 130 cm³/mol. The lowest BCUT2D eigenvalue weighted by Crippen LogP contribution is -2.42. The summed E-state index contributed by atoms with van der Waals surface area (Å²) >= 11 is 0. The van der Waals surface area contributed by atoms with Gasteiger partial charge in [-0.05, 0) is 37.5 Å². The molecule has 0 aromatic heterocycles. The molecule has 0 fully saturated rings. The summed E-state index contributed by atoms with van der Waals surface area (Å²) in [5.74, 6) is -1.15. The SMILES string of the molecule is CC.CC.CC.Cc1c(N)c(C)c(C(=O)NC(CO)CO)c(C)c1C(=O)NC(CO)CO. The monoisotopic (exact) mass is 459 g/mol. The van der Waals surface area contributed by atoms with Crippen LogP contribution in [-0.2, 0) is 0 Å². The number of rotatable bonds is 8. The number of anilines is 1. The number of nitrogens with two attached hydrogens (primary N) is 1. The van der Waals surface area contributed by atoms with Crippen molar-refractivity contribution in [1.29, 1.82) is 0 Å². The predicted octanol–water partition coefficient (Wildman–Crippen LogP) is 1.44. The molecule has 2 amide bonds. The van der Waals surface area contributed by atoms with Gasteiger partial charge >= 0.3 is 0 Å². The zero-order valence-corrected chi connectivity index (χ0v) is 21.2. The topological polar surface area (TPSA) is 165 Å². The van der Waals surface area contributed by atoms with Crippen molar-refractivity contribution >= 4 is 17.5 Å². The summed E-state index contributed by atoms with van der Waals surface area (Å²) < 4.78 is 0. The van der Waals surface area contributed by atoms with E-state index in [1.54, 1.807) is 20.8 Å². The molecule has 0 spiro atoms. The second-order valence-corrected chi connectivity index (χ2v) is 6.11. The lowest BCUT2D eigenvalue weighted by Gasteiger charge is -2.22. The van der Waals surface area contributed by atoms with Crippen molar-refractivity contribution < 1.29 is 30.0 Å². The fourth-order valence-electron chi connectivity index (χ4n) is 2.73. The first-order chi connectivity index (χ1) is 15.2. The molecule has 0 aliphatic rings. The van der Waals surface area contributed by atoms with Crippen LogP contribution in [0.3, 0.4) is 0 Å². The molecule has 0 saturated carbocycles. The highest BCUT2D eigenvalue weighted by Crippen LogP contribution is 2.29. The molecule has 0 saturated heterocycles. The van der Waals surface area contributed by atoms with Crippen LogP contribution in [0.25, 0.3) is 0 Å². The molecule has 188 valence electrons. The van der Waals surface area contributed by atoms with Crippen LogP contribution >= 0.6 is 0 Å². The maximum atomic E-state index is 12.6. The van der Waals surface area contributed by atoms with E-state index in [4.69, 9.17) is 26.2 Å². The Morgan fingerprint density at radius 3 is 1.12 bits per heavy atom. The molecule has 1 aromatic carbocycles. The number of amides is 2. The zero-order chi connectivity index (χ0) is 26.0. The van der Waals surface area contributed by atoms with Gasteiger partial charge in [-0.2, -0.15) is 0 Å². The number of carbonyl (C=O) groups excluding carboxylic acids is 2. The smallest absolute Gasteiger partial charge is 0.252 e. The van der Waals surface area contributed by atoms with E-state index in [9.17, 15) is 9.59 Å². The molecule has 1 rings (SSSR count). The van der Waals surface area contributed by atoms with E-state index in [2.05, 4.69) is 10.6 Å². The highest BCUT2D eigenvalue weighted by Gasteiger charge is 2.26. The molecule has 9 heteroatoms. The van der Waals surface area contributed by atoms with Crippen molar-refractivity contribution in [3.05, 3.63) is 27.8 Å². The van der Waals surface area contributed by atoms with Crippen molar-refractivity contribution in [2.45, 2.75) is 74.4 Å². The Kier molecular flexibility index (Phi) is 21.0. The van der Waals surface area contributed by atoms with Gasteiger partial charge in [0.15, 0.2) is 0 Å². The fourth-order valence-corrected chi connectivity index (χ4v) is 2.73. The molecule has 0 aliphatic carbocycles. The summed E-state index contributed by atoms with van der Waals surface area (Å²) in [7, 11) is 0. The van der Waals surface area contributed by atoms with Crippen molar-refractivity contribution in [3.8, 4) is 0 Å². The lowest BCUT2D eigenvalue weighted by atomic mass is 9.90. The van der Waals surface area contributed by atoms with Gasteiger partial charge in [-0.15, -0.1) is 0 Å². The van der Waals surface area contributed by atoms with Crippen LogP contribution in [0, 0.1) is 20.8 Å². The normalized spacial score (nSPS) is 9.59. The first kappa shape index (κ1) is 34.4. The van der Waals surface area contributed by atoms with Crippen LogP contribution in [0.2, 0.25) is 0 Å². The molecule has 1 aromatic rings. The van der Waals surface area contributed by atoms with Crippen molar-refractivity contribution in [2.75, 3.05) is 32.2 Å². The van der Waals surface area contributed by atoms with E-state index >= 15 is 0 Å². The van der Waals surface area contributed by atoms with E-state index in [0.717, 1.165) is 0 Å². The minimum Gasteiger partial charge on any atom is -0.398 e. The van der Waals surface area contributed by atoms with Crippen LogP contribution in [0.15, 0.2) is 0 Å². The van der Waals surface area contributed by atoms with Gasteiger partial charge in [-0.25, -0.2) is 0 Å². The molecule has 0 heterocycles. The van der Waals surface area contributed by atoms with Gasteiger partial charge in [-0.3, -0.25) is 9.59 Å². The highest BCUT2D eigenvalue weighted by molar-refractivity contribution is 6.06. The third-order valence-electron chi connectivity index (χ3n) is 4.31. The summed E-state index contributed by atoms with van der Waals surface area (Å²) in [6.45, 7) is 15.1. The first-order valence-corrected chi connectivity index (χ1v) is 11.2. The van der Waals surface area contributed by atoms with E-state index in [-0.39, 0.29) is 16.8 Å². The number of hydrogen-bond acceptors (Lipinski definition) is 7. The van der Waals surface area contributed by atoms with E-state index < -0.39 is 50.3 Å². The number of aliphatic hydroxyl groups excluding tert-OH is 4. The molecule has 0 unspecified atom stereocenters. The number of nitrogens with one attached hydrogen (secondary N) is 2. The Bertz CT molecular complexity index is 619. The number of nitrogen functional groups attached to an aromatic ring is 1. The van der Waals surface area contributed by atoms with Gasteiger partial charge in [0.2, 0.25) is 0 Å². The fraction of sp³-hybridized carbons (Fsp3) is 0.652. The second-order valence-electron chi connectivity index (χ2n) is 6.11. The molecule has 0 atom stereocenters. The number of benzene rings is 1. The van der Waals surface area contributed by atoms with Crippen LogP contribution < -0.4 is 16.4 Å². The Hall–Kier alpha value is -2.20. The average Bonchev–Trinajstić information content (AvgIpc) is 2.83. The Labute approximate surface area is 193 Å². The summed E-state index contributed by atoms with van der Waals surface area (Å²) in [5.41, 5.74) is 8.00. The Balaban J connectivity index is -0.00000129. The standard InChI is InChI=1S/C17H27N3O6.3C2H6/c1-8-13(16(25)19-11(4-21)5-22)9(2)15(18)10(3)14(8)17(26)20-12(6-23)7-24;3*1-2/h11-12,21-24H,4-7,18H2,1-3H3,(H,19,25)(H,20,26);3*1-2H3. The van der Waals surface area contributed by atoms with Crippen LogP contribution in [0.1, 0.15) is 78.9 Å². The molecule has 0 bridgehead atoms. The number of aliphatic hydroxyl groups is 4. The quantitative estimate of drug-likeness (QED) is 0.289. The van der Waals surface area contributed by atoms with Crippen molar-refractivity contribution in [3.63, 3.8) is 0 Å². The van der Waals surface area contributed by atoms with Gasteiger partial charge in [0, 0.05) is 16.8 Å². The van der Waals surface area contributed by atoms with Crippen LogP contribution in [0.5, 0.6) is 0 Å². The second kappa shape index (κ2) is 19.5. The van der Waals surface area contributed by atoms with Crippen LogP contribution in [-0.4, -0.2) is 70.8 Å². The molecule has 0 radical (unpaired) electrons. The molecule has 8 N–H and O–H groups in total. The van der Waals surface area contributed by atoms with Gasteiger partial charge in [0.1, 0.15) is 0 Å². The number of carbonyl (C=O) groups is 2. The van der Waals surface area contributed by atoms with E-state index in [1.165, 1.54) is 0 Å². The van der Waals surface area contributed by atoms with Crippen molar-refractivity contribution in [1.82, 2.24) is 10.6 Å². The van der Waals surface area contributed by atoms with E-state index in [1.807, 2.05) is 41.5 Å². The minimum atomic E-state index is -0.839. The minimum absolute atomic E-state index is 0.176. The van der Waals surface area contributed by atoms with Gasteiger partial charge < -0.3 is 36.8 Å².